The molecule has 1 aromatic rings. The van der Waals surface area contributed by atoms with Crippen molar-refractivity contribution in [3.8, 4) is 11.5 Å². The van der Waals surface area contributed by atoms with E-state index >= 15 is 0 Å². The molecule has 0 bridgehead atoms. The normalized spacial score (nSPS) is 39.4. The first-order valence-electron chi connectivity index (χ1n) is 19.5. The Kier molecular flexibility index (Phi) is 16.5. The Balaban J connectivity index is 1.55. The molecule has 0 aromatic heterocycles. The van der Waals surface area contributed by atoms with Crippen LogP contribution in [0.3, 0.4) is 0 Å². The van der Waals surface area contributed by atoms with Gasteiger partial charge in [0.15, 0.2) is 12.6 Å². The lowest BCUT2D eigenvalue weighted by atomic mass is 9.84. The number of allylic oxidation sites excluding steroid dienone is 3. The minimum Gasteiger partial charge on any atom is -0.465 e. The van der Waals surface area contributed by atoms with Crippen LogP contribution in [0.1, 0.15) is 76.3 Å². The van der Waals surface area contributed by atoms with Crippen molar-refractivity contribution in [3.63, 3.8) is 0 Å². The molecular formula is C39H60O17. The van der Waals surface area contributed by atoms with Gasteiger partial charge >= 0.3 is 0 Å². The molecule has 0 radical (unpaired) electrons. The van der Waals surface area contributed by atoms with Gasteiger partial charge in [-0.2, -0.15) is 0 Å². The summed E-state index contributed by atoms with van der Waals surface area (Å²) in [5.41, 5.74) is 2.78. The maximum Gasteiger partial charge on any atom is 0.229 e. The summed E-state index contributed by atoms with van der Waals surface area (Å²) < 4.78 is 42.1. The molecule has 3 saturated heterocycles. The first kappa shape index (κ1) is 44.8. The fraction of sp³-hybridized carbons (Fsp3) is 0.744. The van der Waals surface area contributed by atoms with Crippen molar-refractivity contribution >= 4 is 0 Å². The SMILES string of the molecule is C/C=C/Oc1cc(CCCCC)cc(O[C@@H]2O[C@H](CO)[C@@H](O[C@@H]3O[C@H](CO)[C@@H](O)[C@H](O)[C@H]3O)[C@H](O[C@@H]3O[C@H](CO)[C@@H](O)[C@H](O)[C@H]3O)[C@H]2O)c1[C@@H]1C=C(C)CCC1. The quantitative estimate of drug-likeness (QED) is 0.0567. The largest absolute Gasteiger partial charge is 0.465 e. The molecule has 17 heteroatoms. The number of unbranched alkanes of at least 4 members (excludes halogenated alkanes) is 2. The minimum atomic E-state index is -1.92. The number of hydrogen-bond acceptors (Lipinski definition) is 17. The van der Waals surface area contributed by atoms with Gasteiger partial charge in [0.1, 0.15) is 84.7 Å². The van der Waals surface area contributed by atoms with E-state index in [1.54, 1.807) is 12.3 Å². The van der Waals surface area contributed by atoms with Crippen molar-refractivity contribution < 1.29 is 84.2 Å². The van der Waals surface area contributed by atoms with Crippen molar-refractivity contribution in [2.24, 2.45) is 0 Å². The summed E-state index contributed by atoms with van der Waals surface area (Å²) in [7, 11) is 0. The monoisotopic (exact) mass is 800 g/mol. The van der Waals surface area contributed by atoms with Crippen LogP contribution in [0.2, 0.25) is 0 Å². The molecule has 0 unspecified atom stereocenters. The summed E-state index contributed by atoms with van der Waals surface area (Å²) >= 11 is 0. The van der Waals surface area contributed by atoms with Gasteiger partial charge in [0, 0.05) is 11.5 Å². The van der Waals surface area contributed by atoms with Gasteiger partial charge in [-0.05, 0) is 63.6 Å². The molecule has 0 amide bonds. The average molecular weight is 801 g/mol. The fourth-order valence-electron chi connectivity index (χ4n) is 7.67. The summed E-state index contributed by atoms with van der Waals surface area (Å²) in [6.07, 6.45) is -13.8. The molecule has 16 atom stereocenters. The van der Waals surface area contributed by atoms with Gasteiger partial charge in [-0.3, -0.25) is 0 Å². The highest BCUT2D eigenvalue weighted by Crippen LogP contribution is 2.44. The predicted octanol–water partition coefficient (Wildman–Crippen LogP) is -0.627. The standard InChI is InChI=1S/C39H60O17/c1-4-6-7-10-20-14-22(50-12-5-2)27(21-11-8-9-19(3)13-21)23(15-20)51-39-34(49)36(56-38-33(48)31(46)29(44)25(17-41)53-38)35(26(18-42)54-39)55-37-32(47)30(45)28(43)24(16-40)52-37/h5,12-15,21,24-26,28-49H,4,6-11,16-18H2,1-3H3/b12-5+/t21-,24+,25+,26+,28+,29+,30-,31-,32+,33+,34+,35+,36+,37-,38-,39+/m0/s1. The van der Waals surface area contributed by atoms with E-state index in [9.17, 15) is 51.1 Å². The Bertz CT molecular complexity index is 1440. The molecule has 5 rings (SSSR count). The van der Waals surface area contributed by atoms with E-state index in [2.05, 4.69) is 19.9 Å². The van der Waals surface area contributed by atoms with E-state index in [-0.39, 0.29) is 5.92 Å². The number of aliphatic hydroxyl groups excluding tert-OH is 10. The minimum absolute atomic E-state index is 0.137. The lowest BCUT2D eigenvalue weighted by molar-refractivity contribution is -0.381. The topological polar surface area (TPSA) is 267 Å². The molecule has 0 spiro atoms. The van der Waals surface area contributed by atoms with Crippen LogP contribution in [0.5, 0.6) is 11.5 Å². The molecule has 10 N–H and O–H groups in total. The number of rotatable bonds is 16. The third-order valence-electron chi connectivity index (χ3n) is 10.8. The maximum atomic E-state index is 12.1. The fourth-order valence-corrected chi connectivity index (χ4v) is 7.67. The molecule has 318 valence electrons. The third-order valence-corrected chi connectivity index (χ3v) is 10.8. The summed E-state index contributed by atoms with van der Waals surface area (Å²) in [5.74, 6) is 0.738. The summed E-state index contributed by atoms with van der Waals surface area (Å²) in [6.45, 7) is 3.63. The van der Waals surface area contributed by atoms with E-state index in [0.717, 1.165) is 44.1 Å². The van der Waals surface area contributed by atoms with Crippen LogP contribution in [-0.2, 0) is 30.1 Å². The molecule has 4 aliphatic rings. The van der Waals surface area contributed by atoms with E-state index in [1.807, 2.05) is 19.1 Å². The van der Waals surface area contributed by atoms with Gasteiger partial charge in [0.25, 0.3) is 0 Å². The van der Waals surface area contributed by atoms with Crippen LogP contribution in [0.25, 0.3) is 0 Å². The van der Waals surface area contributed by atoms with Crippen molar-refractivity contribution in [2.75, 3.05) is 19.8 Å². The van der Waals surface area contributed by atoms with Crippen molar-refractivity contribution in [1.29, 1.82) is 0 Å². The van der Waals surface area contributed by atoms with Crippen LogP contribution in [0.4, 0.5) is 0 Å². The Morgan fingerprint density at radius 3 is 1.82 bits per heavy atom. The molecule has 17 nitrogen and oxygen atoms in total. The van der Waals surface area contributed by atoms with Gasteiger partial charge in [-0.1, -0.05) is 37.5 Å². The second kappa shape index (κ2) is 20.6. The second-order valence-corrected chi connectivity index (χ2v) is 15.0. The van der Waals surface area contributed by atoms with E-state index in [0.29, 0.717) is 23.5 Å². The predicted molar refractivity (Wildman–Crippen MR) is 195 cm³/mol. The van der Waals surface area contributed by atoms with Crippen LogP contribution >= 0.6 is 0 Å². The zero-order chi connectivity index (χ0) is 40.7. The Hall–Kier alpha value is -2.30. The van der Waals surface area contributed by atoms with E-state index in [1.165, 1.54) is 5.57 Å². The van der Waals surface area contributed by atoms with Gasteiger partial charge in [0.05, 0.1) is 26.1 Å². The third kappa shape index (κ3) is 10.1. The highest BCUT2D eigenvalue weighted by atomic mass is 16.8. The van der Waals surface area contributed by atoms with Crippen molar-refractivity contribution in [1.82, 2.24) is 0 Å². The lowest BCUT2D eigenvalue weighted by Gasteiger charge is -2.49. The molecular weight excluding hydrogens is 740 g/mol. The molecule has 0 saturated carbocycles. The van der Waals surface area contributed by atoms with Gasteiger partial charge in [-0.15, -0.1) is 0 Å². The second-order valence-electron chi connectivity index (χ2n) is 15.0. The summed E-state index contributed by atoms with van der Waals surface area (Å²) in [4.78, 5) is 0. The molecule has 1 aromatic carbocycles. The highest BCUT2D eigenvalue weighted by Gasteiger charge is 2.55. The Morgan fingerprint density at radius 2 is 1.27 bits per heavy atom. The van der Waals surface area contributed by atoms with Crippen LogP contribution in [0, 0.1) is 0 Å². The Labute approximate surface area is 326 Å². The van der Waals surface area contributed by atoms with Gasteiger partial charge < -0.3 is 84.2 Å². The lowest BCUT2D eigenvalue weighted by Crippen LogP contribution is -2.67. The Morgan fingerprint density at radius 1 is 0.696 bits per heavy atom. The number of benzene rings is 1. The highest BCUT2D eigenvalue weighted by molar-refractivity contribution is 5.52. The van der Waals surface area contributed by atoms with Crippen molar-refractivity contribution in [3.05, 3.63) is 47.2 Å². The van der Waals surface area contributed by atoms with E-state index in [4.69, 9.17) is 33.2 Å². The molecule has 56 heavy (non-hydrogen) atoms. The summed E-state index contributed by atoms with van der Waals surface area (Å²) in [5, 5.41) is 106. The summed E-state index contributed by atoms with van der Waals surface area (Å²) in [6, 6.07) is 3.83. The molecule has 3 heterocycles. The van der Waals surface area contributed by atoms with Gasteiger partial charge in [-0.25, -0.2) is 0 Å². The van der Waals surface area contributed by atoms with E-state index < -0.39 is 112 Å². The first-order chi connectivity index (χ1) is 26.9. The average Bonchev–Trinajstić information content (AvgIpc) is 3.19. The zero-order valence-corrected chi connectivity index (χ0v) is 32.0. The molecule has 1 aliphatic carbocycles. The number of hydrogen-bond donors (Lipinski definition) is 10. The molecule has 3 fully saturated rings. The smallest absolute Gasteiger partial charge is 0.229 e. The number of aliphatic hydroxyl groups is 10. The van der Waals surface area contributed by atoms with Gasteiger partial charge in [0.2, 0.25) is 6.29 Å². The van der Waals surface area contributed by atoms with Crippen LogP contribution < -0.4 is 9.47 Å². The number of ether oxygens (including phenoxy) is 7. The molecule has 3 aliphatic heterocycles. The number of aryl methyl sites for hydroxylation is 1. The maximum absolute atomic E-state index is 12.1. The van der Waals surface area contributed by atoms with Crippen LogP contribution in [0.15, 0.2) is 36.1 Å². The zero-order valence-electron chi connectivity index (χ0n) is 32.0. The first-order valence-corrected chi connectivity index (χ1v) is 19.5. The van der Waals surface area contributed by atoms with Crippen molar-refractivity contribution in [2.45, 2.75) is 164 Å². The van der Waals surface area contributed by atoms with Crippen LogP contribution in [-0.4, -0.2) is 163 Å².